The standard InChI is InChI=1S/C10H7ClN4O4/c11-7-2-1-6(15(17)18)5-8(7)13-10(16)14-9-3-4-12-19-9/h1-5H,(H2,13,14,16). The first kappa shape index (κ1) is 12.8. The Morgan fingerprint density at radius 1 is 1.37 bits per heavy atom. The molecule has 9 heteroatoms. The van der Waals surface area contributed by atoms with Crippen molar-refractivity contribution in [3.8, 4) is 0 Å². The predicted octanol–water partition coefficient (Wildman–Crippen LogP) is 2.88. The molecule has 2 aromatic rings. The van der Waals surface area contributed by atoms with Crippen LogP contribution in [0.1, 0.15) is 0 Å². The lowest BCUT2D eigenvalue weighted by molar-refractivity contribution is -0.384. The van der Waals surface area contributed by atoms with Crippen molar-refractivity contribution >= 4 is 34.9 Å². The van der Waals surface area contributed by atoms with Crippen molar-refractivity contribution in [2.45, 2.75) is 0 Å². The first-order valence-corrected chi connectivity index (χ1v) is 5.36. The Morgan fingerprint density at radius 2 is 2.16 bits per heavy atom. The van der Waals surface area contributed by atoms with Crippen LogP contribution in [0.5, 0.6) is 0 Å². The molecule has 0 unspecified atom stereocenters. The van der Waals surface area contributed by atoms with Gasteiger partial charge in [-0.1, -0.05) is 16.8 Å². The van der Waals surface area contributed by atoms with Gasteiger partial charge in [0.15, 0.2) is 0 Å². The summed E-state index contributed by atoms with van der Waals surface area (Å²) < 4.78 is 4.67. The number of nitrogens with one attached hydrogen (secondary N) is 2. The predicted molar refractivity (Wildman–Crippen MR) is 67.3 cm³/mol. The number of aromatic nitrogens is 1. The van der Waals surface area contributed by atoms with Gasteiger partial charge < -0.3 is 9.84 Å². The first-order valence-electron chi connectivity index (χ1n) is 4.99. The normalized spacial score (nSPS) is 9.95. The van der Waals surface area contributed by atoms with Gasteiger partial charge in [0.25, 0.3) is 5.69 Å². The van der Waals surface area contributed by atoms with Gasteiger partial charge in [0.05, 0.1) is 21.8 Å². The van der Waals surface area contributed by atoms with Crippen LogP contribution in [-0.4, -0.2) is 16.1 Å². The van der Waals surface area contributed by atoms with Crippen LogP contribution < -0.4 is 10.6 Å². The number of rotatable bonds is 3. The molecule has 0 aliphatic carbocycles. The summed E-state index contributed by atoms with van der Waals surface area (Å²) in [5.41, 5.74) is -0.0627. The van der Waals surface area contributed by atoms with Gasteiger partial charge in [-0.25, -0.2) is 4.79 Å². The molecule has 8 nitrogen and oxygen atoms in total. The fourth-order valence-corrected chi connectivity index (χ4v) is 1.43. The fraction of sp³-hybridized carbons (Fsp3) is 0. The molecular formula is C10H7ClN4O4. The number of non-ortho nitro benzene ring substituents is 1. The number of carbonyl (C=O) groups excluding carboxylic acids is 1. The number of carbonyl (C=O) groups is 1. The SMILES string of the molecule is O=C(Nc1ccno1)Nc1cc([N+](=O)[O-])ccc1Cl. The monoisotopic (exact) mass is 282 g/mol. The minimum absolute atomic E-state index is 0.118. The summed E-state index contributed by atoms with van der Waals surface area (Å²) in [5, 5.41) is 18.9. The average molecular weight is 283 g/mol. The van der Waals surface area contributed by atoms with Gasteiger partial charge >= 0.3 is 6.03 Å². The van der Waals surface area contributed by atoms with Gasteiger partial charge in [0.1, 0.15) is 0 Å². The van der Waals surface area contributed by atoms with E-state index in [1.165, 1.54) is 24.4 Å². The van der Waals surface area contributed by atoms with Crippen LogP contribution in [0.3, 0.4) is 0 Å². The van der Waals surface area contributed by atoms with Crippen molar-refractivity contribution in [1.82, 2.24) is 5.16 Å². The lowest BCUT2D eigenvalue weighted by Gasteiger charge is -2.06. The van der Waals surface area contributed by atoms with E-state index in [0.717, 1.165) is 6.07 Å². The Hall–Kier alpha value is -2.61. The van der Waals surface area contributed by atoms with Crippen LogP contribution in [0.25, 0.3) is 0 Å². The molecule has 0 atom stereocenters. The molecule has 0 bridgehead atoms. The second-order valence-corrected chi connectivity index (χ2v) is 3.78. The van der Waals surface area contributed by atoms with E-state index in [4.69, 9.17) is 11.6 Å². The summed E-state index contributed by atoms with van der Waals surface area (Å²) in [6, 6.07) is 4.50. The molecule has 19 heavy (non-hydrogen) atoms. The number of urea groups is 1. The zero-order valence-corrected chi connectivity index (χ0v) is 10.0. The van der Waals surface area contributed by atoms with Crippen LogP contribution in [0.15, 0.2) is 35.0 Å². The summed E-state index contributed by atoms with van der Waals surface area (Å²) in [6.07, 6.45) is 1.36. The minimum Gasteiger partial charge on any atom is -0.338 e. The second-order valence-electron chi connectivity index (χ2n) is 3.38. The molecule has 0 saturated heterocycles. The zero-order chi connectivity index (χ0) is 13.8. The number of amides is 2. The number of nitrogens with zero attached hydrogens (tertiary/aromatic N) is 2. The summed E-state index contributed by atoms with van der Waals surface area (Å²) in [7, 11) is 0. The quantitative estimate of drug-likeness (QED) is 0.664. The van der Waals surface area contributed by atoms with Crippen molar-refractivity contribution in [3.63, 3.8) is 0 Å². The highest BCUT2D eigenvalue weighted by molar-refractivity contribution is 6.33. The molecular weight excluding hydrogens is 276 g/mol. The molecule has 0 spiro atoms. The zero-order valence-electron chi connectivity index (χ0n) is 9.29. The third kappa shape index (κ3) is 3.19. The van der Waals surface area contributed by atoms with Crippen LogP contribution in [0, 0.1) is 10.1 Å². The van der Waals surface area contributed by atoms with Gasteiger partial charge in [-0.05, 0) is 6.07 Å². The average Bonchev–Trinajstić information content (AvgIpc) is 2.84. The second kappa shape index (κ2) is 5.36. The Labute approximate surface area is 111 Å². The van der Waals surface area contributed by atoms with Gasteiger partial charge in [-0.3, -0.25) is 15.4 Å². The number of nitro groups is 1. The maximum atomic E-state index is 11.6. The fourth-order valence-electron chi connectivity index (χ4n) is 1.27. The summed E-state index contributed by atoms with van der Waals surface area (Å²) in [5.74, 6) is 0.138. The largest absolute Gasteiger partial charge is 0.338 e. The van der Waals surface area contributed by atoms with E-state index in [1.807, 2.05) is 0 Å². The lowest BCUT2D eigenvalue weighted by Crippen LogP contribution is -2.19. The Balaban J connectivity index is 2.11. The molecule has 1 aromatic carbocycles. The van der Waals surface area contributed by atoms with Crippen molar-refractivity contribution in [2.24, 2.45) is 0 Å². The van der Waals surface area contributed by atoms with Crippen molar-refractivity contribution in [2.75, 3.05) is 10.6 Å². The molecule has 0 aliphatic rings. The number of benzene rings is 1. The topological polar surface area (TPSA) is 110 Å². The smallest absolute Gasteiger partial charge is 0.326 e. The minimum atomic E-state index is -0.654. The lowest BCUT2D eigenvalue weighted by atomic mass is 10.3. The summed E-state index contributed by atoms with van der Waals surface area (Å²) >= 11 is 5.83. The maximum absolute atomic E-state index is 11.6. The Kier molecular flexibility index (Phi) is 3.62. The van der Waals surface area contributed by atoms with E-state index in [0.29, 0.717) is 0 Å². The van der Waals surface area contributed by atoms with E-state index >= 15 is 0 Å². The van der Waals surface area contributed by atoms with Gasteiger partial charge in [0, 0.05) is 18.2 Å². The Bertz CT molecular complexity index is 614. The van der Waals surface area contributed by atoms with Crippen LogP contribution in [0.2, 0.25) is 5.02 Å². The van der Waals surface area contributed by atoms with Crippen molar-refractivity contribution in [3.05, 3.63) is 45.6 Å². The van der Waals surface area contributed by atoms with Crippen LogP contribution >= 0.6 is 11.6 Å². The first-order chi connectivity index (χ1) is 9.06. The van der Waals surface area contributed by atoms with Gasteiger partial charge in [-0.2, -0.15) is 0 Å². The number of halogens is 1. The highest BCUT2D eigenvalue weighted by atomic mass is 35.5. The van der Waals surface area contributed by atoms with Crippen LogP contribution in [-0.2, 0) is 0 Å². The molecule has 2 rings (SSSR count). The van der Waals surface area contributed by atoms with E-state index < -0.39 is 11.0 Å². The number of hydrogen-bond acceptors (Lipinski definition) is 5. The molecule has 0 saturated carbocycles. The molecule has 2 amide bonds. The van der Waals surface area contributed by atoms with Gasteiger partial charge in [0.2, 0.25) is 5.88 Å². The third-order valence-corrected chi connectivity index (χ3v) is 2.41. The molecule has 2 N–H and O–H groups in total. The highest BCUT2D eigenvalue weighted by Gasteiger charge is 2.12. The summed E-state index contributed by atoms with van der Waals surface area (Å²) in [4.78, 5) is 21.6. The number of nitro benzene ring substituents is 1. The van der Waals surface area contributed by atoms with Gasteiger partial charge in [-0.15, -0.1) is 0 Å². The van der Waals surface area contributed by atoms with Crippen molar-refractivity contribution in [1.29, 1.82) is 0 Å². The van der Waals surface area contributed by atoms with E-state index in [2.05, 4.69) is 20.3 Å². The third-order valence-electron chi connectivity index (χ3n) is 2.08. The number of hydrogen-bond donors (Lipinski definition) is 2. The molecule has 98 valence electrons. The van der Waals surface area contributed by atoms with Crippen LogP contribution in [0.4, 0.5) is 22.1 Å². The number of anilines is 2. The Morgan fingerprint density at radius 3 is 2.79 bits per heavy atom. The molecule has 1 aromatic heterocycles. The highest BCUT2D eigenvalue weighted by Crippen LogP contribution is 2.26. The summed E-state index contributed by atoms with van der Waals surface area (Å²) in [6.45, 7) is 0. The van der Waals surface area contributed by atoms with E-state index in [1.54, 1.807) is 0 Å². The molecule has 0 radical (unpaired) electrons. The molecule has 0 aliphatic heterocycles. The molecule has 0 fully saturated rings. The van der Waals surface area contributed by atoms with E-state index in [-0.39, 0.29) is 22.3 Å². The van der Waals surface area contributed by atoms with E-state index in [9.17, 15) is 14.9 Å². The molecule has 1 heterocycles. The maximum Gasteiger partial charge on any atom is 0.326 e. The van der Waals surface area contributed by atoms with Crippen molar-refractivity contribution < 1.29 is 14.2 Å².